The molecule has 0 aromatic heterocycles. The molecule has 0 radical (unpaired) electrons. The molecule has 1 amide bonds. The van der Waals surface area contributed by atoms with E-state index in [0.717, 1.165) is 51.6 Å². The quantitative estimate of drug-likeness (QED) is 0.898. The highest BCUT2D eigenvalue weighted by molar-refractivity contribution is 5.92. The van der Waals surface area contributed by atoms with E-state index in [9.17, 15) is 4.79 Å². The number of carbonyl (C=O) groups excluding carboxylic acids is 1. The molecule has 24 heavy (non-hydrogen) atoms. The zero-order valence-corrected chi connectivity index (χ0v) is 14.7. The molecule has 1 atom stereocenters. The van der Waals surface area contributed by atoms with Gasteiger partial charge in [0.15, 0.2) is 0 Å². The third-order valence-corrected chi connectivity index (χ3v) is 4.86. The number of likely N-dealkylation sites (tertiary alicyclic amines) is 1. The van der Waals surface area contributed by atoms with E-state index in [1.807, 2.05) is 12.1 Å². The highest BCUT2D eigenvalue weighted by atomic mass is 16.5. The number of benzene rings is 1. The monoisotopic (exact) mass is 331 g/mol. The molecule has 3 rings (SSSR count). The third kappa shape index (κ3) is 5.30. The van der Waals surface area contributed by atoms with Gasteiger partial charge in [0.1, 0.15) is 0 Å². The molecule has 5 heteroatoms. The Morgan fingerprint density at radius 3 is 2.62 bits per heavy atom. The maximum Gasteiger partial charge on any atom is 0.238 e. The van der Waals surface area contributed by atoms with Gasteiger partial charge in [-0.3, -0.25) is 14.6 Å². The van der Waals surface area contributed by atoms with Gasteiger partial charge >= 0.3 is 0 Å². The SMILES string of the molecule is C[C@@H]1CCCN(CC(=O)Nc2ccc(CN3CCOCC3)cc2)C1. The van der Waals surface area contributed by atoms with Crippen LogP contribution in [0.5, 0.6) is 0 Å². The van der Waals surface area contributed by atoms with Crippen LogP contribution in [0.2, 0.25) is 0 Å². The van der Waals surface area contributed by atoms with Gasteiger partial charge in [-0.25, -0.2) is 0 Å². The molecular weight excluding hydrogens is 302 g/mol. The first-order valence-corrected chi connectivity index (χ1v) is 9.10. The van der Waals surface area contributed by atoms with Crippen molar-refractivity contribution in [2.45, 2.75) is 26.3 Å². The summed E-state index contributed by atoms with van der Waals surface area (Å²) in [7, 11) is 0. The first-order chi connectivity index (χ1) is 11.7. The van der Waals surface area contributed by atoms with E-state index in [2.05, 4.69) is 34.2 Å². The molecule has 2 saturated heterocycles. The first kappa shape index (κ1) is 17.4. The minimum Gasteiger partial charge on any atom is -0.379 e. The van der Waals surface area contributed by atoms with E-state index >= 15 is 0 Å². The van der Waals surface area contributed by atoms with Gasteiger partial charge in [-0.2, -0.15) is 0 Å². The Bertz CT molecular complexity index is 526. The lowest BCUT2D eigenvalue weighted by atomic mass is 10.0. The first-order valence-electron chi connectivity index (χ1n) is 9.10. The van der Waals surface area contributed by atoms with Crippen LogP contribution in [0.25, 0.3) is 0 Å². The van der Waals surface area contributed by atoms with Crippen molar-refractivity contribution >= 4 is 11.6 Å². The second kappa shape index (κ2) is 8.60. The number of hydrogen-bond donors (Lipinski definition) is 1. The minimum absolute atomic E-state index is 0.0880. The number of amides is 1. The van der Waals surface area contributed by atoms with Crippen LogP contribution in [0, 0.1) is 5.92 Å². The van der Waals surface area contributed by atoms with E-state index in [4.69, 9.17) is 4.74 Å². The van der Waals surface area contributed by atoms with Gasteiger partial charge < -0.3 is 10.1 Å². The number of nitrogens with one attached hydrogen (secondary N) is 1. The van der Waals surface area contributed by atoms with Gasteiger partial charge in [0, 0.05) is 31.9 Å². The van der Waals surface area contributed by atoms with E-state index in [0.29, 0.717) is 12.5 Å². The summed E-state index contributed by atoms with van der Waals surface area (Å²) in [6, 6.07) is 8.22. The topological polar surface area (TPSA) is 44.8 Å². The highest BCUT2D eigenvalue weighted by Crippen LogP contribution is 2.16. The van der Waals surface area contributed by atoms with Gasteiger partial charge in [0.2, 0.25) is 5.91 Å². The molecule has 0 bridgehead atoms. The van der Waals surface area contributed by atoms with Crippen molar-refractivity contribution in [3.8, 4) is 0 Å². The number of hydrogen-bond acceptors (Lipinski definition) is 4. The van der Waals surface area contributed by atoms with Crippen molar-refractivity contribution < 1.29 is 9.53 Å². The van der Waals surface area contributed by atoms with Crippen LogP contribution in [-0.4, -0.2) is 61.6 Å². The Balaban J connectivity index is 1.45. The Labute approximate surface area is 145 Å². The Morgan fingerprint density at radius 2 is 1.92 bits per heavy atom. The van der Waals surface area contributed by atoms with Gasteiger partial charge in [0.25, 0.3) is 0 Å². The summed E-state index contributed by atoms with van der Waals surface area (Å²) < 4.78 is 5.38. The van der Waals surface area contributed by atoms with Crippen molar-refractivity contribution in [1.29, 1.82) is 0 Å². The number of nitrogens with zero attached hydrogens (tertiary/aromatic N) is 2. The third-order valence-electron chi connectivity index (χ3n) is 4.86. The number of anilines is 1. The van der Waals surface area contributed by atoms with E-state index < -0.39 is 0 Å². The van der Waals surface area contributed by atoms with Crippen molar-refractivity contribution in [3.63, 3.8) is 0 Å². The van der Waals surface area contributed by atoms with Crippen LogP contribution >= 0.6 is 0 Å². The second-order valence-corrected chi connectivity index (χ2v) is 7.12. The summed E-state index contributed by atoms with van der Waals surface area (Å²) in [5.41, 5.74) is 2.16. The van der Waals surface area contributed by atoms with Gasteiger partial charge in [0.05, 0.1) is 19.8 Å². The maximum atomic E-state index is 12.2. The molecule has 2 aliphatic rings. The normalized spacial score (nSPS) is 23.1. The van der Waals surface area contributed by atoms with Gasteiger partial charge in [-0.1, -0.05) is 19.1 Å². The molecule has 1 aromatic carbocycles. The molecule has 0 spiro atoms. The van der Waals surface area contributed by atoms with Crippen LogP contribution in [0.15, 0.2) is 24.3 Å². The number of piperidine rings is 1. The Hall–Kier alpha value is -1.43. The van der Waals surface area contributed by atoms with E-state index in [1.165, 1.54) is 18.4 Å². The lowest BCUT2D eigenvalue weighted by Crippen LogP contribution is -2.39. The molecule has 0 saturated carbocycles. The zero-order chi connectivity index (χ0) is 16.8. The average Bonchev–Trinajstić information content (AvgIpc) is 2.57. The molecule has 5 nitrogen and oxygen atoms in total. The van der Waals surface area contributed by atoms with E-state index in [-0.39, 0.29) is 5.91 Å². The van der Waals surface area contributed by atoms with Crippen molar-refractivity contribution in [1.82, 2.24) is 9.80 Å². The predicted molar refractivity (Wildman–Crippen MR) is 96.0 cm³/mol. The number of ether oxygens (including phenoxy) is 1. The van der Waals surface area contributed by atoms with Gasteiger partial charge in [-0.15, -0.1) is 0 Å². The van der Waals surface area contributed by atoms with Crippen molar-refractivity contribution in [2.75, 3.05) is 51.3 Å². The number of morpholine rings is 1. The lowest BCUT2D eigenvalue weighted by Gasteiger charge is -2.30. The lowest BCUT2D eigenvalue weighted by molar-refractivity contribution is -0.117. The molecule has 1 aromatic rings. The van der Waals surface area contributed by atoms with Crippen LogP contribution in [-0.2, 0) is 16.1 Å². The van der Waals surface area contributed by atoms with Crippen LogP contribution in [0.3, 0.4) is 0 Å². The van der Waals surface area contributed by atoms with Gasteiger partial charge in [-0.05, 0) is 43.0 Å². The summed E-state index contributed by atoms with van der Waals surface area (Å²) in [6.07, 6.45) is 2.48. The zero-order valence-electron chi connectivity index (χ0n) is 14.7. The fourth-order valence-corrected chi connectivity index (χ4v) is 3.54. The predicted octanol–water partition coefficient (Wildman–Crippen LogP) is 2.19. The van der Waals surface area contributed by atoms with Crippen molar-refractivity contribution in [2.24, 2.45) is 5.92 Å². The second-order valence-electron chi connectivity index (χ2n) is 7.12. The molecular formula is C19H29N3O2. The molecule has 0 aliphatic carbocycles. The number of rotatable bonds is 5. The largest absolute Gasteiger partial charge is 0.379 e. The fraction of sp³-hybridized carbons (Fsp3) is 0.632. The molecule has 1 N–H and O–H groups in total. The summed E-state index contributed by atoms with van der Waals surface area (Å²) in [6.45, 7) is 9.41. The molecule has 2 aliphatic heterocycles. The minimum atomic E-state index is 0.0880. The Morgan fingerprint density at radius 1 is 1.17 bits per heavy atom. The summed E-state index contributed by atoms with van der Waals surface area (Å²) >= 11 is 0. The highest BCUT2D eigenvalue weighted by Gasteiger charge is 2.18. The van der Waals surface area contributed by atoms with Crippen LogP contribution < -0.4 is 5.32 Å². The summed E-state index contributed by atoms with van der Waals surface area (Å²) in [5.74, 6) is 0.788. The standard InChI is InChI=1S/C19H29N3O2/c1-16-3-2-8-22(13-16)15-19(23)20-18-6-4-17(5-7-18)14-21-9-11-24-12-10-21/h4-7,16H,2-3,8-15H2,1H3,(H,20,23)/t16-/m1/s1. The fourth-order valence-electron chi connectivity index (χ4n) is 3.54. The maximum absolute atomic E-state index is 12.2. The average molecular weight is 331 g/mol. The number of carbonyl (C=O) groups is 1. The van der Waals surface area contributed by atoms with Crippen molar-refractivity contribution in [3.05, 3.63) is 29.8 Å². The Kier molecular flexibility index (Phi) is 6.24. The summed E-state index contributed by atoms with van der Waals surface area (Å²) in [5, 5.41) is 3.02. The molecule has 132 valence electrons. The van der Waals surface area contributed by atoms with Crippen LogP contribution in [0.4, 0.5) is 5.69 Å². The van der Waals surface area contributed by atoms with E-state index in [1.54, 1.807) is 0 Å². The smallest absolute Gasteiger partial charge is 0.238 e. The summed E-state index contributed by atoms with van der Waals surface area (Å²) in [4.78, 5) is 16.9. The van der Waals surface area contributed by atoms with Crippen LogP contribution in [0.1, 0.15) is 25.3 Å². The molecule has 2 heterocycles. The molecule has 0 unspecified atom stereocenters. The molecule has 2 fully saturated rings.